The summed E-state index contributed by atoms with van der Waals surface area (Å²) in [4.78, 5) is 4.18. The van der Waals surface area contributed by atoms with Crippen LogP contribution in [0.4, 0.5) is 10.1 Å². The summed E-state index contributed by atoms with van der Waals surface area (Å²) in [6, 6.07) is 0. The molecule has 0 fully saturated rings. The number of anilines is 1. The van der Waals surface area contributed by atoms with Gasteiger partial charge in [-0.3, -0.25) is 4.98 Å². The Morgan fingerprint density at radius 1 is 1.24 bits per heavy atom. The average Bonchev–Trinajstić information content (AvgIpc) is 2.27. The van der Waals surface area contributed by atoms with Crippen LogP contribution in [0.5, 0.6) is 0 Å². The van der Waals surface area contributed by atoms with Crippen LogP contribution < -0.4 is 5.32 Å². The summed E-state index contributed by atoms with van der Waals surface area (Å²) in [5, 5.41) is 3.05. The normalized spacial score (nSPS) is 15.1. The van der Waals surface area contributed by atoms with E-state index in [2.05, 4.69) is 24.1 Å². The molecule has 0 saturated heterocycles. The van der Waals surface area contributed by atoms with Gasteiger partial charge in [0.25, 0.3) is 0 Å². The van der Waals surface area contributed by atoms with Crippen molar-refractivity contribution in [1.29, 1.82) is 0 Å². The monoisotopic (exact) mass is 238 g/mol. The van der Waals surface area contributed by atoms with Crippen LogP contribution in [0, 0.1) is 5.92 Å². The van der Waals surface area contributed by atoms with E-state index in [9.17, 15) is 4.39 Å². The Hall–Kier alpha value is -1.12. The molecule has 2 nitrogen and oxygen atoms in total. The Labute approximate surface area is 104 Å². The van der Waals surface area contributed by atoms with Gasteiger partial charge in [-0.15, -0.1) is 0 Å². The molecule has 0 aliphatic carbocycles. The molecule has 96 valence electrons. The fourth-order valence-electron chi connectivity index (χ4n) is 1.94. The van der Waals surface area contributed by atoms with Crippen molar-refractivity contribution in [2.45, 2.75) is 46.2 Å². The van der Waals surface area contributed by atoms with Crippen LogP contribution >= 0.6 is 0 Å². The highest BCUT2D eigenvalue weighted by molar-refractivity contribution is 5.56. The van der Waals surface area contributed by atoms with E-state index < -0.39 is 5.67 Å². The Morgan fingerprint density at radius 2 is 1.82 bits per heavy atom. The van der Waals surface area contributed by atoms with Crippen molar-refractivity contribution in [1.82, 2.24) is 4.98 Å². The number of pyridine rings is 1. The molecule has 1 N–H and O–H groups in total. The zero-order chi connectivity index (χ0) is 13.2. The molecule has 0 aromatic carbocycles. The minimum absolute atomic E-state index is 0.0745. The number of alkyl halides is 1. The van der Waals surface area contributed by atoms with E-state index in [-0.39, 0.29) is 11.8 Å². The van der Waals surface area contributed by atoms with Crippen LogP contribution in [0.15, 0.2) is 12.4 Å². The molecule has 1 rings (SSSR count). The van der Waals surface area contributed by atoms with Crippen LogP contribution in [0.3, 0.4) is 0 Å². The molecule has 0 aliphatic rings. The third kappa shape index (κ3) is 2.59. The number of aromatic nitrogens is 1. The highest BCUT2D eigenvalue weighted by Gasteiger charge is 2.35. The lowest BCUT2D eigenvalue weighted by Crippen LogP contribution is -2.26. The molecule has 17 heavy (non-hydrogen) atoms. The molecular formula is C14H23FN2. The molecule has 0 radical (unpaired) electrons. The molecular weight excluding hydrogens is 215 g/mol. The van der Waals surface area contributed by atoms with Gasteiger partial charge in [-0.1, -0.05) is 27.7 Å². The van der Waals surface area contributed by atoms with Crippen molar-refractivity contribution >= 4 is 5.69 Å². The zero-order valence-corrected chi connectivity index (χ0v) is 11.6. The van der Waals surface area contributed by atoms with Gasteiger partial charge in [-0.05, 0) is 24.3 Å². The van der Waals surface area contributed by atoms with Gasteiger partial charge in [0, 0.05) is 18.8 Å². The van der Waals surface area contributed by atoms with Crippen molar-refractivity contribution in [2.75, 3.05) is 12.4 Å². The van der Waals surface area contributed by atoms with Gasteiger partial charge in [-0.25, -0.2) is 4.39 Å². The minimum atomic E-state index is -1.35. The van der Waals surface area contributed by atoms with Gasteiger partial charge in [0.05, 0.1) is 11.9 Å². The van der Waals surface area contributed by atoms with Gasteiger partial charge in [0.1, 0.15) is 5.67 Å². The Morgan fingerprint density at radius 3 is 2.24 bits per heavy atom. The Balaban J connectivity index is 3.47. The molecule has 3 heteroatoms. The predicted octanol–water partition coefficient (Wildman–Crippen LogP) is 4.09. The lowest BCUT2D eigenvalue weighted by atomic mass is 9.81. The highest BCUT2D eigenvalue weighted by atomic mass is 19.1. The maximum Gasteiger partial charge on any atom is 0.137 e. The van der Waals surface area contributed by atoms with Crippen LogP contribution in [-0.2, 0) is 5.67 Å². The number of hydrogen-bond acceptors (Lipinski definition) is 2. The summed E-state index contributed by atoms with van der Waals surface area (Å²) in [5.41, 5.74) is 1.17. The van der Waals surface area contributed by atoms with E-state index in [1.807, 2.05) is 13.8 Å². The average molecular weight is 238 g/mol. The first kappa shape index (κ1) is 13.9. The van der Waals surface area contributed by atoms with Crippen LogP contribution in [0.25, 0.3) is 0 Å². The molecule has 1 heterocycles. The number of rotatable bonds is 4. The van der Waals surface area contributed by atoms with Crippen molar-refractivity contribution < 1.29 is 4.39 Å². The summed E-state index contributed by atoms with van der Waals surface area (Å²) in [6.45, 7) is 9.60. The first-order valence-corrected chi connectivity index (χ1v) is 6.17. The second kappa shape index (κ2) is 5.03. The molecule has 0 saturated carbocycles. The smallest absolute Gasteiger partial charge is 0.137 e. The molecule has 0 amide bonds. The quantitative estimate of drug-likeness (QED) is 0.854. The lowest BCUT2D eigenvalue weighted by Gasteiger charge is -2.30. The molecule has 1 atom stereocenters. The summed E-state index contributed by atoms with van der Waals surface area (Å²) < 4.78 is 14.9. The van der Waals surface area contributed by atoms with Gasteiger partial charge >= 0.3 is 0 Å². The van der Waals surface area contributed by atoms with Gasteiger partial charge < -0.3 is 5.32 Å². The topological polar surface area (TPSA) is 24.9 Å². The minimum Gasteiger partial charge on any atom is -0.387 e. The number of halogens is 1. The summed E-state index contributed by atoms with van der Waals surface area (Å²) in [6.07, 6.45) is 3.47. The van der Waals surface area contributed by atoms with E-state index in [0.29, 0.717) is 0 Å². The van der Waals surface area contributed by atoms with Crippen molar-refractivity contribution in [3.63, 3.8) is 0 Å². The maximum absolute atomic E-state index is 14.9. The molecule has 1 aromatic rings. The van der Waals surface area contributed by atoms with Crippen LogP contribution in [0.1, 0.15) is 51.7 Å². The van der Waals surface area contributed by atoms with Crippen molar-refractivity contribution in [3.8, 4) is 0 Å². The van der Waals surface area contributed by atoms with E-state index in [1.165, 1.54) is 0 Å². The van der Waals surface area contributed by atoms with Crippen molar-refractivity contribution in [3.05, 3.63) is 23.5 Å². The Bertz CT molecular complexity index is 384. The zero-order valence-electron chi connectivity index (χ0n) is 11.6. The second-order valence-corrected chi connectivity index (χ2v) is 5.29. The fraction of sp³-hybridized carbons (Fsp3) is 0.643. The standard InChI is InChI=1S/C14H23FN2/c1-9(2)11-7-17-8-12(16-6)13(11)14(5,15)10(3)4/h7-10,16H,1-6H3. The van der Waals surface area contributed by atoms with E-state index in [4.69, 9.17) is 0 Å². The SMILES string of the molecule is CNc1cncc(C(C)C)c1C(C)(F)C(C)C. The Kier molecular flexibility index (Phi) is 4.12. The van der Waals surface area contributed by atoms with E-state index >= 15 is 0 Å². The lowest BCUT2D eigenvalue weighted by molar-refractivity contribution is 0.122. The van der Waals surface area contributed by atoms with Crippen molar-refractivity contribution in [2.24, 2.45) is 5.92 Å². The van der Waals surface area contributed by atoms with Gasteiger partial charge in [0.2, 0.25) is 0 Å². The second-order valence-electron chi connectivity index (χ2n) is 5.29. The maximum atomic E-state index is 14.9. The third-order valence-corrected chi connectivity index (χ3v) is 3.44. The molecule has 0 aliphatic heterocycles. The van der Waals surface area contributed by atoms with Crippen LogP contribution in [-0.4, -0.2) is 12.0 Å². The predicted molar refractivity (Wildman–Crippen MR) is 71.2 cm³/mol. The van der Waals surface area contributed by atoms with Crippen LogP contribution in [0.2, 0.25) is 0 Å². The number of hydrogen-bond donors (Lipinski definition) is 1. The molecule has 0 spiro atoms. The number of nitrogens with zero attached hydrogens (tertiary/aromatic N) is 1. The summed E-state index contributed by atoms with van der Waals surface area (Å²) >= 11 is 0. The summed E-state index contributed by atoms with van der Waals surface area (Å²) in [5.74, 6) is 0.189. The number of nitrogens with one attached hydrogen (secondary N) is 1. The molecule has 0 bridgehead atoms. The highest BCUT2D eigenvalue weighted by Crippen LogP contribution is 2.41. The fourth-order valence-corrected chi connectivity index (χ4v) is 1.94. The largest absolute Gasteiger partial charge is 0.387 e. The van der Waals surface area contributed by atoms with E-state index in [1.54, 1.807) is 26.4 Å². The third-order valence-electron chi connectivity index (χ3n) is 3.44. The van der Waals surface area contributed by atoms with Gasteiger partial charge in [0.15, 0.2) is 0 Å². The molecule has 1 unspecified atom stereocenters. The molecule has 1 aromatic heterocycles. The van der Waals surface area contributed by atoms with Gasteiger partial charge in [-0.2, -0.15) is 0 Å². The first-order valence-electron chi connectivity index (χ1n) is 6.17. The van der Waals surface area contributed by atoms with E-state index in [0.717, 1.165) is 16.8 Å². The first-order chi connectivity index (χ1) is 7.82. The summed E-state index contributed by atoms with van der Waals surface area (Å²) in [7, 11) is 1.81.